The molecule has 8 heteroatoms. The predicted octanol–water partition coefficient (Wildman–Crippen LogP) is 2.89. The maximum Gasteiger partial charge on any atom is 0.335 e. The van der Waals surface area contributed by atoms with Crippen LogP contribution in [0.25, 0.3) is 0 Å². The minimum atomic E-state index is -0.963. The van der Waals surface area contributed by atoms with E-state index in [1.807, 2.05) is 30.3 Å². The number of rotatable bonds is 4. The van der Waals surface area contributed by atoms with Crippen molar-refractivity contribution >= 4 is 41.2 Å². The fourth-order valence-electron chi connectivity index (χ4n) is 3.56. The molecule has 5 amide bonds. The quantitative estimate of drug-likeness (QED) is 0.558. The van der Waals surface area contributed by atoms with E-state index in [0.717, 1.165) is 32.4 Å². The van der Waals surface area contributed by atoms with E-state index in [-0.39, 0.29) is 12.5 Å². The van der Waals surface area contributed by atoms with Crippen molar-refractivity contribution in [2.24, 2.45) is 0 Å². The molecule has 0 aromatic heterocycles. The second-order valence-corrected chi connectivity index (χ2v) is 8.76. The van der Waals surface area contributed by atoms with E-state index in [1.165, 1.54) is 0 Å². The summed E-state index contributed by atoms with van der Waals surface area (Å²) in [4.78, 5) is 54.9. The first-order valence-corrected chi connectivity index (χ1v) is 10.6. The lowest BCUT2D eigenvalue weighted by Gasteiger charge is -2.24. The van der Waals surface area contributed by atoms with Crippen LogP contribution in [0, 0.1) is 0 Å². The number of imide groups is 2. The Morgan fingerprint density at radius 1 is 0.967 bits per heavy atom. The van der Waals surface area contributed by atoms with Crippen LogP contribution in [-0.4, -0.2) is 51.9 Å². The van der Waals surface area contributed by atoms with E-state index in [9.17, 15) is 19.2 Å². The summed E-state index contributed by atoms with van der Waals surface area (Å²) >= 11 is 1.70. The zero-order chi connectivity index (χ0) is 21.3. The van der Waals surface area contributed by atoms with Crippen molar-refractivity contribution in [3.63, 3.8) is 0 Å². The van der Waals surface area contributed by atoms with Crippen molar-refractivity contribution in [1.29, 1.82) is 0 Å². The number of thioether (sulfide) groups is 1. The maximum atomic E-state index is 13.1. The Morgan fingerprint density at radius 2 is 1.63 bits per heavy atom. The Bertz CT molecular complexity index is 1010. The van der Waals surface area contributed by atoms with E-state index in [0.29, 0.717) is 11.8 Å². The number of carbonyl (C=O) groups excluding carboxylic acids is 4. The Morgan fingerprint density at radius 3 is 2.40 bits per heavy atom. The molecular formula is C22H21N3O4S. The summed E-state index contributed by atoms with van der Waals surface area (Å²) in [5.74, 6) is -2.25. The summed E-state index contributed by atoms with van der Waals surface area (Å²) < 4.78 is 0. The van der Waals surface area contributed by atoms with Gasteiger partial charge in [-0.1, -0.05) is 49.4 Å². The number of hydrogen-bond donors (Lipinski definition) is 0. The highest BCUT2D eigenvalue weighted by molar-refractivity contribution is 8.00. The molecule has 1 fully saturated rings. The van der Waals surface area contributed by atoms with Crippen LogP contribution in [0.5, 0.6) is 0 Å². The van der Waals surface area contributed by atoms with Crippen molar-refractivity contribution in [3.05, 3.63) is 60.2 Å². The van der Waals surface area contributed by atoms with Crippen LogP contribution in [0.2, 0.25) is 0 Å². The van der Waals surface area contributed by atoms with Crippen LogP contribution in [0.1, 0.15) is 18.9 Å². The average Bonchev–Trinajstić information content (AvgIpc) is 2.88. The number of amides is 5. The van der Waals surface area contributed by atoms with Crippen LogP contribution in [0.15, 0.2) is 59.5 Å². The highest BCUT2D eigenvalue weighted by Crippen LogP contribution is 2.37. The number of hydrogen-bond acceptors (Lipinski definition) is 5. The number of benzene rings is 2. The van der Waals surface area contributed by atoms with Gasteiger partial charge < -0.3 is 4.90 Å². The summed E-state index contributed by atoms with van der Waals surface area (Å²) in [7, 11) is 0. The molecular weight excluding hydrogens is 402 g/mol. The number of carbonyl (C=O) groups is 4. The third-order valence-electron chi connectivity index (χ3n) is 5.16. The highest BCUT2D eigenvalue weighted by atomic mass is 32.2. The lowest BCUT2D eigenvalue weighted by atomic mass is 10.2. The highest BCUT2D eigenvalue weighted by Gasteiger charge is 2.45. The maximum absolute atomic E-state index is 13.1. The van der Waals surface area contributed by atoms with Gasteiger partial charge in [-0.2, -0.15) is 0 Å². The predicted molar refractivity (Wildman–Crippen MR) is 113 cm³/mol. The molecule has 2 aliphatic heterocycles. The van der Waals surface area contributed by atoms with Crippen LogP contribution in [0.3, 0.4) is 0 Å². The van der Waals surface area contributed by atoms with Gasteiger partial charge in [0.1, 0.15) is 6.54 Å². The Kier molecular flexibility index (Phi) is 5.59. The van der Waals surface area contributed by atoms with Gasteiger partial charge in [-0.3, -0.25) is 19.3 Å². The normalized spacial score (nSPS) is 19.2. The van der Waals surface area contributed by atoms with E-state index in [1.54, 1.807) is 40.9 Å². The van der Waals surface area contributed by atoms with Gasteiger partial charge in [0.2, 0.25) is 5.91 Å². The van der Waals surface area contributed by atoms with Crippen LogP contribution in [0.4, 0.5) is 10.5 Å². The minimum Gasteiger partial charge on any atom is -0.310 e. The molecule has 7 nitrogen and oxygen atoms in total. The fraction of sp³-hybridized carbons (Fsp3) is 0.273. The van der Waals surface area contributed by atoms with Crippen molar-refractivity contribution in [2.45, 2.75) is 30.0 Å². The molecule has 0 spiro atoms. The molecule has 2 aliphatic rings. The third kappa shape index (κ3) is 3.82. The summed E-state index contributed by atoms with van der Waals surface area (Å²) in [6.45, 7) is 2.13. The molecule has 1 atom stereocenters. The molecule has 1 saturated heterocycles. The van der Waals surface area contributed by atoms with Crippen LogP contribution < -0.4 is 4.90 Å². The molecule has 154 valence electrons. The minimum absolute atomic E-state index is 0.00433. The van der Waals surface area contributed by atoms with Crippen molar-refractivity contribution in [3.8, 4) is 0 Å². The van der Waals surface area contributed by atoms with Gasteiger partial charge in [0.05, 0.1) is 12.2 Å². The van der Waals surface area contributed by atoms with Gasteiger partial charge in [0.15, 0.2) is 0 Å². The Labute approximate surface area is 178 Å². The standard InChI is InChI=1S/C22H21N3O4S/c1-15-11-12-23(17-9-5-6-10-18(17)30-15)19(26)14-25-21(28)20(27)24(22(25)29)13-16-7-3-2-4-8-16/h2-10,15H,11-14H2,1H3. The number of para-hydroxylation sites is 1. The van der Waals surface area contributed by atoms with E-state index < -0.39 is 24.4 Å². The molecule has 2 aromatic carbocycles. The zero-order valence-corrected chi connectivity index (χ0v) is 17.3. The first-order valence-electron chi connectivity index (χ1n) is 9.73. The molecule has 0 bridgehead atoms. The third-order valence-corrected chi connectivity index (χ3v) is 6.39. The SMILES string of the molecule is CC1CCN(C(=O)CN2C(=O)C(=O)N(Cc3ccccc3)C2=O)c2ccccc2S1. The molecule has 1 unspecified atom stereocenters. The number of nitrogens with zero attached hydrogens (tertiary/aromatic N) is 3. The van der Waals surface area contributed by atoms with Gasteiger partial charge in [-0.25, -0.2) is 9.69 Å². The molecule has 0 aliphatic carbocycles. The average molecular weight is 423 g/mol. The van der Waals surface area contributed by atoms with Gasteiger partial charge >= 0.3 is 17.8 Å². The van der Waals surface area contributed by atoms with Crippen LogP contribution in [-0.2, 0) is 20.9 Å². The largest absolute Gasteiger partial charge is 0.335 e. The number of urea groups is 1. The van der Waals surface area contributed by atoms with E-state index >= 15 is 0 Å². The monoisotopic (exact) mass is 423 g/mol. The van der Waals surface area contributed by atoms with E-state index in [4.69, 9.17) is 0 Å². The number of fused-ring (bicyclic) bond motifs is 1. The summed E-state index contributed by atoms with van der Waals surface area (Å²) in [5.41, 5.74) is 1.50. The van der Waals surface area contributed by atoms with Crippen molar-refractivity contribution in [1.82, 2.24) is 9.80 Å². The Balaban J connectivity index is 1.52. The first kappa shape index (κ1) is 20.2. The molecule has 0 saturated carbocycles. The molecule has 30 heavy (non-hydrogen) atoms. The van der Waals surface area contributed by atoms with Gasteiger partial charge in [0, 0.05) is 16.7 Å². The van der Waals surface area contributed by atoms with Gasteiger partial charge in [-0.15, -0.1) is 11.8 Å². The summed E-state index contributed by atoms with van der Waals surface area (Å²) in [6, 6.07) is 15.8. The second-order valence-electron chi connectivity index (χ2n) is 7.28. The molecule has 0 N–H and O–H groups in total. The molecule has 2 aromatic rings. The topological polar surface area (TPSA) is 78.0 Å². The lowest BCUT2D eigenvalue weighted by Crippen LogP contribution is -2.44. The van der Waals surface area contributed by atoms with Crippen molar-refractivity contribution < 1.29 is 19.2 Å². The smallest absolute Gasteiger partial charge is 0.310 e. The van der Waals surface area contributed by atoms with E-state index in [2.05, 4.69) is 6.92 Å². The Hall–Kier alpha value is -3.13. The summed E-state index contributed by atoms with van der Waals surface area (Å²) in [6.07, 6.45) is 0.784. The lowest BCUT2D eigenvalue weighted by molar-refractivity contribution is -0.144. The van der Waals surface area contributed by atoms with Crippen LogP contribution >= 0.6 is 11.8 Å². The zero-order valence-electron chi connectivity index (χ0n) is 16.5. The van der Waals surface area contributed by atoms with Gasteiger partial charge in [-0.05, 0) is 24.1 Å². The molecule has 4 rings (SSSR count). The van der Waals surface area contributed by atoms with Gasteiger partial charge in [0.25, 0.3) is 0 Å². The number of anilines is 1. The summed E-state index contributed by atoms with van der Waals surface area (Å²) in [5, 5.41) is 0.335. The molecule has 0 radical (unpaired) electrons. The first-order chi connectivity index (χ1) is 14.5. The second kappa shape index (κ2) is 8.31. The molecule has 2 heterocycles. The fourth-order valence-corrected chi connectivity index (χ4v) is 4.67. The van der Waals surface area contributed by atoms with Crippen molar-refractivity contribution in [2.75, 3.05) is 18.0 Å².